The zero-order chi connectivity index (χ0) is 16.4. The molecule has 114 valence electrons. The van der Waals surface area contributed by atoms with Crippen LogP contribution >= 0.6 is 0 Å². The SMILES string of the molecule is Cc1ncccc1COc1[nH]c(=O)c(C#N)c2ccc(F)cc12. The molecule has 0 unspecified atom stereocenters. The first-order valence-electron chi connectivity index (χ1n) is 6.89. The van der Waals surface area contributed by atoms with Crippen LogP contribution in [0.15, 0.2) is 41.3 Å². The van der Waals surface area contributed by atoms with E-state index in [1.165, 1.54) is 18.2 Å². The summed E-state index contributed by atoms with van der Waals surface area (Å²) in [7, 11) is 0. The summed E-state index contributed by atoms with van der Waals surface area (Å²) < 4.78 is 19.2. The average Bonchev–Trinajstić information content (AvgIpc) is 2.54. The maximum absolute atomic E-state index is 13.5. The summed E-state index contributed by atoms with van der Waals surface area (Å²) in [5.74, 6) is -0.345. The maximum atomic E-state index is 13.5. The van der Waals surface area contributed by atoms with E-state index in [1.807, 2.05) is 19.1 Å². The van der Waals surface area contributed by atoms with Gasteiger partial charge in [-0.15, -0.1) is 0 Å². The van der Waals surface area contributed by atoms with Gasteiger partial charge < -0.3 is 4.74 Å². The molecule has 0 aliphatic heterocycles. The molecule has 0 spiro atoms. The van der Waals surface area contributed by atoms with E-state index in [9.17, 15) is 9.18 Å². The van der Waals surface area contributed by atoms with Gasteiger partial charge in [0.2, 0.25) is 5.88 Å². The first kappa shape index (κ1) is 14.7. The lowest BCUT2D eigenvalue weighted by atomic mass is 10.1. The molecule has 1 aromatic carbocycles. The van der Waals surface area contributed by atoms with Crippen LogP contribution in [0, 0.1) is 24.1 Å². The van der Waals surface area contributed by atoms with Crippen molar-refractivity contribution in [3.8, 4) is 11.9 Å². The molecule has 0 aliphatic rings. The molecular formula is C17H12FN3O2. The number of aromatic amines is 1. The maximum Gasteiger partial charge on any atom is 0.269 e. The molecule has 3 aromatic rings. The monoisotopic (exact) mass is 309 g/mol. The third-order valence-electron chi connectivity index (χ3n) is 3.55. The molecule has 3 rings (SSSR count). The average molecular weight is 309 g/mol. The molecule has 0 amide bonds. The molecule has 0 fully saturated rings. The Labute approximate surface area is 131 Å². The highest BCUT2D eigenvalue weighted by atomic mass is 19.1. The zero-order valence-electron chi connectivity index (χ0n) is 12.3. The minimum atomic E-state index is -0.565. The summed E-state index contributed by atoms with van der Waals surface area (Å²) in [6.07, 6.45) is 1.67. The number of fused-ring (bicyclic) bond motifs is 1. The second-order valence-electron chi connectivity index (χ2n) is 5.00. The van der Waals surface area contributed by atoms with Crippen LogP contribution in [0.2, 0.25) is 0 Å². The van der Waals surface area contributed by atoms with Crippen LogP contribution in [0.25, 0.3) is 10.8 Å². The van der Waals surface area contributed by atoms with Gasteiger partial charge in [-0.2, -0.15) is 5.26 Å². The molecule has 0 atom stereocenters. The van der Waals surface area contributed by atoms with Gasteiger partial charge in [0.15, 0.2) is 0 Å². The normalized spacial score (nSPS) is 10.5. The molecule has 2 aromatic heterocycles. The van der Waals surface area contributed by atoms with Gasteiger partial charge in [0, 0.05) is 28.2 Å². The Morgan fingerprint density at radius 2 is 2.17 bits per heavy atom. The summed E-state index contributed by atoms with van der Waals surface area (Å²) in [6, 6.07) is 9.32. The molecular weight excluding hydrogens is 297 g/mol. The summed E-state index contributed by atoms with van der Waals surface area (Å²) in [4.78, 5) is 18.6. The van der Waals surface area contributed by atoms with E-state index in [-0.39, 0.29) is 18.1 Å². The van der Waals surface area contributed by atoms with Gasteiger partial charge in [-0.25, -0.2) is 4.39 Å². The van der Waals surface area contributed by atoms with Crippen molar-refractivity contribution >= 4 is 10.8 Å². The van der Waals surface area contributed by atoms with Crippen molar-refractivity contribution in [2.45, 2.75) is 13.5 Å². The fourth-order valence-electron chi connectivity index (χ4n) is 2.32. The number of nitrogens with one attached hydrogen (secondary N) is 1. The van der Waals surface area contributed by atoms with E-state index in [0.29, 0.717) is 10.8 Å². The van der Waals surface area contributed by atoms with Crippen molar-refractivity contribution in [2.24, 2.45) is 0 Å². The minimum absolute atomic E-state index is 0.0649. The topological polar surface area (TPSA) is 78.8 Å². The van der Waals surface area contributed by atoms with Crippen molar-refractivity contribution in [1.82, 2.24) is 9.97 Å². The largest absolute Gasteiger partial charge is 0.474 e. The van der Waals surface area contributed by atoms with Gasteiger partial charge in [0.1, 0.15) is 24.1 Å². The number of halogens is 1. The highest BCUT2D eigenvalue weighted by molar-refractivity contribution is 5.91. The molecule has 6 heteroatoms. The van der Waals surface area contributed by atoms with E-state index < -0.39 is 11.4 Å². The van der Waals surface area contributed by atoms with Gasteiger partial charge in [0.05, 0.1) is 0 Å². The number of nitriles is 1. The number of aryl methyl sites for hydroxylation is 1. The Hall–Kier alpha value is -3.20. The predicted octanol–water partition coefficient (Wildman–Crippen LogP) is 2.82. The van der Waals surface area contributed by atoms with Crippen molar-refractivity contribution in [2.75, 3.05) is 0 Å². The van der Waals surface area contributed by atoms with E-state index in [0.717, 1.165) is 11.3 Å². The Bertz CT molecular complexity index is 989. The highest BCUT2D eigenvalue weighted by Crippen LogP contribution is 2.25. The number of hydrogen-bond donors (Lipinski definition) is 1. The van der Waals surface area contributed by atoms with Gasteiger partial charge in [0.25, 0.3) is 5.56 Å². The molecule has 0 radical (unpaired) electrons. The molecule has 1 N–H and O–H groups in total. The first-order chi connectivity index (χ1) is 11.1. The van der Waals surface area contributed by atoms with Crippen molar-refractivity contribution in [3.05, 3.63) is 69.5 Å². The first-order valence-corrected chi connectivity index (χ1v) is 6.89. The summed E-state index contributed by atoms with van der Waals surface area (Å²) in [6.45, 7) is 2.02. The lowest BCUT2D eigenvalue weighted by molar-refractivity contribution is 0.296. The summed E-state index contributed by atoms with van der Waals surface area (Å²) in [5, 5.41) is 9.81. The van der Waals surface area contributed by atoms with Crippen LogP contribution in [0.5, 0.6) is 5.88 Å². The zero-order valence-corrected chi connectivity index (χ0v) is 12.3. The number of H-pyrrole nitrogens is 1. The fraction of sp³-hybridized carbons (Fsp3) is 0.118. The Kier molecular flexibility index (Phi) is 3.77. The smallest absolute Gasteiger partial charge is 0.269 e. The fourth-order valence-corrected chi connectivity index (χ4v) is 2.32. The number of hydrogen-bond acceptors (Lipinski definition) is 4. The second kappa shape index (κ2) is 5.89. The van der Waals surface area contributed by atoms with E-state index in [4.69, 9.17) is 10.00 Å². The number of nitrogens with zero attached hydrogens (tertiary/aromatic N) is 2. The van der Waals surface area contributed by atoms with Crippen LogP contribution < -0.4 is 10.3 Å². The number of ether oxygens (including phenoxy) is 1. The molecule has 0 saturated carbocycles. The predicted molar refractivity (Wildman–Crippen MR) is 82.5 cm³/mol. The molecule has 5 nitrogen and oxygen atoms in total. The minimum Gasteiger partial charge on any atom is -0.474 e. The van der Waals surface area contributed by atoms with Crippen LogP contribution in [-0.4, -0.2) is 9.97 Å². The van der Waals surface area contributed by atoms with E-state index in [2.05, 4.69) is 9.97 Å². The Morgan fingerprint density at radius 3 is 2.91 bits per heavy atom. The van der Waals surface area contributed by atoms with Gasteiger partial charge in [-0.1, -0.05) is 6.07 Å². The Balaban J connectivity index is 2.08. The standard InChI is InChI=1S/C17H12FN3O2/c1-10-11(3-2-6-20-10)9-23-17-14-7-12(18)4-5-13(14)15(8-19)16(22)21-17/h2-7H,9H2,1H3,(H,21,22). The van der Waals surface area contributed by atoms with Crippen molar-refractivity contribution < 1.29 is 9.13 Å². The van der Waals surface area contributed by atoms with Crippen LogP contribution in [0.1, 0.15) is 16.8 Å². The summed E-state index contributed by atoms with van der Waals surface area (Å²) >= 11 is 0. The lowest BCUT2D eigenvalue weighted by Gasteiger charge is -2.11. The molecule has 0 bridgehead atoms. The van der Waals surface area contributed by atoms with E-state index >= 15 is 0 Å². The third kappa shape index (κ3) is 2.77. The van der Waals surface area contributed by atoms with Gasteiger partial charge in [-0.3, -0.25) is 14.8 Å². The number of benzene rings is 1. The van der Waals surface area contributed by atoms with E-state index in [1.54, 1.807) is 12.3 Å². The number of rotatable bonds is 3. The molecule has 0 saturated heterocycles. The molecule has 0 aliphatic carbocycles. The second-order valence-corrected chi connectivity index (χ2v) is 5.00. The van der Waals surface area contributed by atoms with Gasteiger partial charge in [-0.05, 0) is 31.2 Å². The van der Waals surface area contributed by atoms with Crippen LogP contribution in [-0.2, 0) is 6.61 Å². The highest BCUT2D eigenvalue weighted by Gasteiger charge is 2.13. The lowest BCUT2D eigenvalue weighted by Crippen LogP contribution is -2.13. The molecule has 2 heterocycles. The van der Waals surface area contributed by atoms with Crippen molar-refractivity contribution in [1.29, 1.82) is 5.26 Å². The van der Waals surface area contributed by atoms with Gasteiger partial charge >= 0.3 is 0 Å². The van der Waals surface area contributed by atoms with Crippen LogP contribution in [0.3, 0.4) is 0 Å². The Morgan fingerprint density at radius 1 is 1.35 bits per heavy atom. The van der Waals surface area contributed by atoms with Crippen molar-refractivity contribution in [3.63, 3.8) is 0 Å². The molecule has 23 heavy (non-hydrogen) atoms. The number of pyridine rings is 2. The number of aromatic nitrogens is 2. The quantitative estimate of drug-likeness (QED) is 0.807. The third-order valence-corrected chi connectivity index (χ3v) is 3.55. The van der Waals surface area contributed by atoms with Crippen LogP contribution in [0.4, 0.5) is 4.39 Å². The summed E-state index contributed by atoms with van der Waals surface area (Å²) in [5.41, 5.74) is 1.02.